The zero-order valence-corrected chi connectivity index (χ0v) is 21.9. The topological polar surface area (TPSA) is 78.9 Å². The van der Waals surface area contributed by atoms with E-state index >= 15 is 0 Å². The summed E-state index contributed by atoms with van der Waals surface area (Å²) in [6, 6.07) is 23.9. The average Bonchev–Trinajstić information content (AvgIpc) is 3.33. The number of halogens is 1. The Morgan fingerprint density at radius 3 is 2.26 bits per heavy atom. The maximum absolute atomic E-state index is 13.7. The van der Waals surface area contributed by atoms with Crippen LogP contribution in [0.1, 0.15) is 41.3 Å². The van der Waals surface area contributed by atoms with Gasteiger partial charge in [-0.2, -0.15) is 0 Å². The van der Waals surface area contributed by atoms with Gasteiger partial charge in [0.1, 0.15) is 0 Å². The van der Waals surface area contributed by atoms with Crippen molar-refractivity contribution in [2.45, 2.75) is 39.3 Å². The van der Waals surface area contributed by atoms with E-state index in [0.29, 0.717) is 28.6 Å². The molecule has 0 aliphatic rings. The summed E-state index contributed by atoms with van der Waals surface area (Å²) < 4.78 is 4.21. The van der Waals surface area contributed by atoms with Crippen molar-refractivity contribution >= 4 is 28.5 Å². The molecule has 0 N–H and O–H groups in total. The minimum absolute atomic E-state index is 0.101. The first-order chi connectivity index (χ1) is 18.3. The zero-order chi connectivity index (χ0) is 26.8. The lowest BCUT2D eigenvalue weighted by Crippen LogP contribution is -2.40. The minimum atomic E-state index is -0.475. The summed E-state index contributed by atoms with van der Waals surface area (Å²) in [6.45, 7) is 4.29. The van der Waals surface area contributed by atoms with Crippen LogP contribution in [0.15, 0.2) is 94.8 Å². The van der Waals surface area contributed by atoms with E-state index in [1.807, 2.05) is 54.6 Å². The number of carbonyl (C=O) groups is 1. The van der Waals surface area contributed by atoms with Gasteiger partial charge in [-0.05, 0) is 59.9 Å². The summed E-state index contributed by atoms with van der Waals surface area (Å²) in [5.41, 5.74) is 2.70. The highest BCUT2D eigenvalue weighted by molar-refractivity contribution is 6.30. The van der Waals surface area contributed by atoms with Gasteiger partial charge in [0, 0.05) is 17.1 Å². The predicted octanol–water partition coefficient (Wildman–Crippen LogP) is 5.25. The number of fused-ring (bicyclic) bond motifs is 1. The Hall–Kier alpha value is -4.23. The highest BCUT2D eigenvalue weighted by Gasteiger charge is 2.21. The highest BCUT2D eigenvalue weighted by Crippen LogP contribution is 2.19. The molecule has 38 heavy (non-hydrogen) atoms. The second kappa shape index (κ2) is 10.6. The van der Waals surface area contributed by atoms with Gasteiger partial charge in [-0.15, -0.1) is 0 Å². The van der Waals surface area contributed by atoms with Crippen LogP contribution in [0.5, 0.6) is 0 Å². The van der Waals surface area contributed by atoms with Gasteiger partial charge in [0.15, 0.2) is 16.9 Å². The van der Waals surface area contributed by atoms with Crippen LogP contribution in [-0.4, -0.2) is 24.5 Å². The number of benzene rings is 3. The summed E-state index contributed by atoms with van der Waals surface area (Å²) >= 11 is 5.96. The second-order valence-electron chi connectivity index (χ2n) is 9.53. The molecule has 3 aromatic carbocycles. The fourth-order valence-corrected chi connectivity index (χ4v) is 4.63. The SMILES string of the molecule is CC(C)c1ccc(-n2c(=O)n(CCc3ccccc3)c(=O)c3c2ncn3CC(=O)c2ccc(Cl)cc2)cc1. The maximum Gasteiger partial charge on any atom is 0.337 e. The lowest BCUT2D eigenvalue weighted by molar-refractivity contribution is 0.0973. The maximum atomic E-state index is 13.7. The molecular weight excluding hydrogens is 500 g/mol. The summed E-state index contributed by atoms with van der Waals surface area (Å²) in [6.07, 6.45) is 1.95. The Kier molecular flexibility index (Phi) is 7.11. The van der Waals surface area contributed by atoms with Crippen LogP contribution < -0.4 is 11.2 Å². The van der Waals surface area contributed by atoms with E-state index in [2.05, 4.69) is 18.8 Å². The van der Waals surface area contributed by atoms with Crippen molar-refractivity contribution in [3.8, 4) is 5.69 Å². The number of Topliss-reactive ketones (excluding diaryl/α,β-unsaturated/α-hetero) is 1. The summed E-state index contributed by atoms with van der Waals surface area (Å²) in [5.74, 6) is 0.133. The molecule has 0 aliphatic carbocycles. The van der Waals surface area contributed by atoms with Gasteiger partial charge in [-0.1, -0.05) is 67.9 Å². The summed E-state index contributed by atoms with van der Waals surface area (Å²) in [5, 5.41) is 0.531. The van der Waals surface area contributed by atoms with E-state index in [1.165, 1.54) is 20.0 Å². The van der Waals surface area contributed by atoms with Gasteiger partial charge in [-0.3, -0.25) is 14.2 Å². The van der Waals surface area contributed by atoms with Crippen molar-refractivity contribution < 1.29 is 4.79 Å². The molecule has 0 atom stereocenters. The average molecular weight is 527 g/mol. The first kappa shape index (κ1) is 25.4. The lowest BCUT2D eigenvalue weighted by Gasteiger charge is -2.14. The summed E-state index contributed by atoms with van der Waals surface area (Å²) in [4.78, 5) is 44.9. The molecule has 0 saturated heterocycles. The zero-order valence-electron chi connectivity index (χ0n) is 21.2. The second-order valence-corrected chi connectivity index (χ2v) is 9.97. The van der Waals surface area contributed by atoms with Crippen LogP contribution in [0.4, 0.5) is 0 Å². The number of nitrogens with zero attached hydrogens (tertiary/aromatic N) is 4. The number of hydrogen-bond donors (Lipinski definition) is 0. The molecular formula is C30H27ClN4O3. The number of ketones is 1. The molecule has 5 rings (SSSR count). The van der Waals surface area contributed by atoms with E-state index < -0.39 is 11.2 Å². The Morgan fingerprint density at radius 2 is 1.61 bits per heavy atom. The Balaban J connectivity index is 1.64. The molecule has 0 bridgehead atoms. The van der Waals surface area contributed by atoms with Crippen molar-refractivity contribution in [2.24, 2.45) is 0 Å². The molecule has 0 radical (unpaired) electrons. The molecule has 192 valence electrons. The van der Waals surface area contributed by atoms with E-state index in [1.54, 1.807) is 24.3 Å². The smallest absolute Gasteiger partial charge is 0.317 e. The fraction of sp³-hybridized carbons (Fsp3) is 0.200. The number of carbonyl (C=O) groups excluding carboxylic acids is 1. The van der Waals surface area contributed by atoms with E-state index in [0.717, 1.165) is 11.1 Å². The lowest BCUT2D eigenvalue weighted by atomic mass is 10.0. The predicted molar refractivity (Wildman–Crippen MR) is 150 cm³/mol. The molecule has 8 heteroatoms. The molecule has 0 fully saturated rings. The van der Waals surface area contributed by atoms with E-state index in [4.69, 9.17) is 11.6 Å². The quantitative estimate of drug-likeness (QED) is 0.259. The molecule has 0 amide bonds. The number of hydrogen-bond acceptors (Lipinski definition) is 4. The third-order valence-corrected chi connectivity index (χ3v) is 6.92. The molecule has 0 saturated carbocycles. The number of aromatic nitrogens is 4. The van der Waals surface area contributed by atoms with Gasteiger partial charge in [0.25, 0.3) is 5.56 Å². The van der Waals surface area contributed by atoms with Crippen LogP contribution in [-0.2, 0) is 19.5 Å². The molecule has 2 heterocycles. The van der Waals surface area contributed by atoms with Crippen molar-refractivity contribution in [3.05, 3.63) is 128 Å². The third kappa shape index (κ3) is 4.97. The molecule has 5 aromatic rings. The largest absolute Gasteiger partial charge is 0.337 e. The van der Waals surface area contributed by atoms with E-state index in [-0.39, 0.29) is 30.0 Å². The fourth-order valence-electron chi connectivity index (χ4n) is 4.51. The van der Waals surface area contributed by atoms with Gasteiger partial charge in [0.2, 0.25) is 0 Å². The first-order valence-corrected chi connectivity index (χ1v) is 12.8. The third-order valence-electron chi connectivity index (χ3n) is 6.67. The number of aryl methyl sites for hydroxylation is 1. The van der Waals surface area contributed by atoms with Crippen molar-refractivity contribution in [3.63, 3.8) is 0 Å². The molecule has 7 nitrogen and oxygen atoms in total. The van der Waals surface area contributed by atoms with Crippen molar-refractivity contribution in [1.29, 1.82) is 0 Å². The van der Waals surface area contributed by atoms with Crippen LogP contribution in [0.25, 0.3) is 16.9 Å². The molecule has 2 aromatic heterocycles. The monoisotopic (exact) mass is 526 g/mol. The van der Waals surface area contributed by atoms with Gasteiger partial charge < -0.3 is 4.57 Å². The molecule has 0 unspecified atom stereocenters. The normalized spacial score (nSPS) is 11.4. The molecule has 0 spiro atoms. The van der Waals surface area contributed by atoms with Crippen LogP contribution in [0, 0.1) is 0 Å². The van der Waals surface area contributed by atoms with Crippen LogP contribution in [0.3, 0.4) is 0 Å². The standard InChI is InChI=1S/C30H27ClN4O3/c1-20(2)22-10-14-25(15-11-22)35-28-27(29(37)34(30(35)38)17-16-21-6-4-3-5-7-21)33(19-32-28)18-26(36)23-8-12-24(31)13-9-23/h3-15,19-20H,16-18H2,1-2H3. The van der Waals surface area contributed by atoms with Crippen molar-refractivity contribution in [2.75, 3.05) is 0 Å². The van der Waals surface area contributed by atoms with Crippen LogP contribution in [0.2, 0.25) is 5.02 Å². The van der Waals surface area contributed by atoms with Gasteiger partial charge >= 0.3 is 5.69 Å². The number of imidazole rings is 1. The van der Waals surface area contributed by atoms with E-state index in [9.17, 15) is 14.4 Å². The first-order valence-electron chi connectivity index (χ1n) is 12.5. The molecule has 0 aliphatic heterocycles. The van der Waals surface area contributed by atoms with Gasteiger partial charge in [-0.25, -0.2) is 14.3 Å². The summed E-state index contributed by atoms with van der Waals surface area (Å²) in [7, 11) is 0. The Morgan fingerprint density at radius 1 is 0.921 bits per heavy atom. The minimum Gasteiger partial charge on any atom is -0.317 e. The van der Waals surface area contributed by atoms with Crippen molar-refractivity contribution in [1.82, 2.24) is 18.7 Å². The Labute approximate surface area is 224 Å². The highest BCUT2D eigenvalue weighted by atomic mass is 35.5. The van der Waals surface area contributed by atoms with Gasteiger partial charge in [0.05, 0.1) is 18.6 Å². The number of rotatable bonds is 8. The van der Waals surface area contributed by atoms with Crippen LogP contribution >= 0.6 is 11.6 Å². The Bertz CT molecular complexity index is 1710.